The van der Waals surface area contributed by atoms with E-state index in [2.05, 4.69) is 61.1 Å². The maximum atomic E-state index is 10.8. The number of rotatable bonds is 11. The minimum Gasteiger partial charge on any atom is -0.387 e. The molecule has 0 aliphatic carbocycles. The van der Waals surface area contributed by atoms with Crippen LogP contribution >= 0.6 is 11.6 Å². The van der Waals surface area contributed by atoms with Gasteiger partial charge in [-0.05, 0) is 36.7 Å². The molecule has 2 aromatic carbocycles. The molecule has 0 spiro atoms. The van der Waals surface area contributed by atoms with Gasteiger partial charge in [-0.2, -0.15) is 0 Å². The first-order chi connectivity index (χ1) is 18.9. The van der Waals surface area contributed by atoms with Crippen molar-refractivity contribution in [2.45, 2.75) is 37.5 Å². The highest BCUT2D eigenvalue weighted by Gasteiger charge is 2.44. The van der Waals surface area contributed by atoms with Gasteiger partial charge in [0.1, 0.15) is 30.2 Å². The van der Waals surface area contributed by atoms with E-state index in [4.69, 9.17) is 22.1 Å². The smallest absolute Gasteiger partial charge is 0.167 e. The van der Waals surface area contributed by atoms with Crippen molar-refractivity contribution in [2.75, 3.05) is 39.0 Å². The van der Waals surface area contributed by atoms with Gasteiger partial charge in [0.15, 0.2) is 17.7 Å². The van der Waals surface area contributed by atoms with E-state index in [1.54, 1.807) is 4.57 Å². The van der Waals surface area contributed by atoms with E-state index in [1.165, 1.54) is 23.8 Å². The Labute approximate surface area is 232 Å². The summed E-state index contributed by atoms with van der Waals surface area (Å²) in [5.41, 5.74) is 9.28. The van der Waals surface area contributed by atoms with Crippen LogP contribution in [-0.2, 0) is 17.7 Å². The number of benzene rings is 2. The third kappa shape index (κ3) is 6.55. The van der Waals surface area contributed by atoms with Gasteiger partial charge in [0.25, 0.3) is 0 Å². The summed E-state index contributed by atoms with van der Waals surface area (Å²) in [6.45, 7) is 3.78. The van der Waals surface area contributed by atoms with Gasteiger partial charge < -0.3 is 25.6 Å². The fourth-order valence-electron chi connectivity index (χ4n) is 4.93. The number of hydrogen-bond acceptors (Lipinski definition) is 9. The largest absolute Gasteiger partial charge is 0.387 e. The highest BCUT2D eigenvalue weighted by molar-refractivity contribution is 6.30. The fourth-order valence-corrected chi connectivity index (χ4v) is 5.05. The van der Waals surface area contributed by atoms with Gasteiger partial charge in [0.05, 0.1) is 6.33 Å². The van der Waals surface area contributed by atoms with E-state index in [9.17, 15) is 10.2 Å². The van der Waals surface area contributed by atoms with Crippen LogP contribution in [0.25, 0.3) is 11.2 Å². The number of imidazole rings is 1. The molecule has 1 aliphatic heterocycles. The average molecular weight is 552 g/mol. The minimum atomic E-state index is -1.13. The molecule has 206 valence electrons. The molecule has 5 rings (SSSR count). The lowest BCUT2D eigenvalue weighted by molar-refractivity contribution is -0.0425. The second kappa shape index (κ2) is 12.4. The van der Waals surface area contributed by atoms with E-state index in [1.807, 2.05) is 25.2 Å². The first kappa shape index (κ1) is 27.4. The van der Waals surface area contributed by atoms with Crippen molar-refractivity contribution < 1.29 is 14.9 Å². The molecule has 4 N–H and O–H groups in total. The van der Waals surface area contributed by atoms with E-state index in [0.717, 1.165) is 37.6 Å². The van der Waals surface area contributed by atoms with Crippen molar-refractivity contribution in [1.82, 2.24) is 29.3 Å². The normalized spacial score (nSPS) is 21.4. The summed E-state index contributed by atoms with van der Waals surface area (Å²) in [5, 5.41) is 22.3. The Balaban J connectivity index is 1.19. The van der Waals surface area contributed by atoms with E-state index in [-0.39, 0.29) is 5.82 Å². The number of nitrogens with two attached hydrogens (primary N) is 1. The summed E-state index contributed by atoms with van der Waals surface area (Å²) < 4.78 is 7.72. The van der Waals surface area contributed by atoms with Crippen LogP contribution in [0, 0.1) is 0 Å². The molecule has 0 unspecified atom stereocenters. The molecule has 0 amide bonds. The molecule has 11 heteroatoms. The number of aromatic nitrogens is 4. The molecular formula is C28H34ClN7O3. The Hall–Kier alpha value is -3.12. The number of hydrogen-bond donors (Lipinski definition) is 3. The quantitative estimate of drug-likeness (QED) is 0.257. The summed E-state index contributed by atoms with van der Waals surface area (Å²) in [7, 11) is 2.00. The number of halogens is 1. The predicted molar refractivity (Wildman–Crippen MR) is 150 cm³/mol. The summed E-state index contributed by atoms with van der Waals surface area (Å²) in [4.78, 5) is 17.0. The van der Waals surface area contributed by atoms with Crippen molar-refractivity contribution in [3.05, 3.63) is 83.4 Å². The topological polar surface area (TPSA) is 126 Å². The number of nitrogen functional groups attached to an aromatic ring is 1. The Morgan fingerprint density at radius 1 is 0.949 bits per heavy atom. The van der Waals surface area contributed by atoms with Gasteiger partial charge in [-0.25, -0.2) is 15.0 Å². The van der Waals surface area contributed by atoms with E-state index < -0.39 is 24.5 Å². The minimum absolute atomic E-state index is 0.249. The van der Waals surface area contributed by atoms with E-state index >= 15 is 0 Å². The lowest BCUT2D eigenvalue weighted by Gasteiger charge is -2.27. The van der Waals surface area contributed by atoms with Crippen LogP contribution in [-0.4, -0.2) is 91.1 Å². The summed E-state index contributed by atoms with van der Waals surface area (Å²) in [6, 6.07) is 18.4. The van der Waals surface area contributed by atoms with Crippen LogP contribution in [0.4, 0.5) is 5.82 Å². The number of nitrogens with zero attached hydrogens (tertiary/aromatic N) is 6. The molecule has 10 nitrogen and oxygen atoms in total. The third-order valence-electron chi connectivity index (χ3n) is 7.17. The van der Waals surface area contributed by atoms with Crippen molar-refractivity contribution in [3.8, 4) is 0 Å². The van der Waals surface area contributed by atoms with Crippen molar-refractivity contribution in [2.24, 2.45) is 0 Å². The lowest BCUT2D eigenvalue weighted by Crippen LogP contribution is -2.41. The monoisotopic (exact) mass is 551 g/mol. The summed E-state index contributed by atoms with van der Waals surface area (Å²) in [5.74, 6) is 0.249. The Bertz CT molecular complexity index is 1350. The van der Waals surface area contributed by atoms with Crippen LogP contribution < -0.4 is 5.73 Å². The number of ether oxygens (including phenoxy) is 1. The van der Waals surface area contributed by atoms with Crippen LogP contribution in [0.2, 0.25) is 5.02 Å². The second-order valence-corrected chi connectivity index (χ2v) is 10.5. The molecule has 0 bridgehead atoms. The highest BCUT2D eigenvalue weighted by Crippen LogP contribution is 2.32. The third-order valence-corrected chi connectivity index (χ3v) is 7.42. The number of likely N-dealkylation sites (N-methyl/N-ethyl adjacent to an activating group) is 1. The molecule has 0 radical (unpaired) electrons. The first-order valence-electron chi connectivity index (χ1n) is 13.0. The zero-order valence-electron chi connectivity index (χ0n) is 21.8. The standard InChI is InChI=1S/C28H34ClN7O3/c1-34(13-14-35(15-20-5-3-2-4-6-20)12-11-19-7-9-21(29)10-8-19)16-22-24(37)25(38)28(39-22)36-18-33-23-26(30)31-17-32-27(23)36/h2-10,17-18,22,24-25,28,37-38H,11-16H2,1H3,(H2,30,31,32)/t22-,24-,25-,28-/m1/s1. The van der Waals surface area contributed by atoms with Gasteiger partial charge >= 0.3 is 0 Å². The highest BCUT2D eigenvalue weighted by atomic mass is 35.5. The molecule has 39 heavy (non-hydrogen) atoms. The van der Waals surface area contributed by atoms with Gasteiger partial charge in [0, 0.05) is 37.7 Å². The second-order valence-electron chi connectivity index (χ2n) is 10.0. The van der Waals surface area contributed by atoms with Crippen LogP contribution in [0.5, 0.6) is 0 Å². The van der Waals surface area contributed by atoms with Crippen molar-refractivity contribution in [3.63, 3.8) is 0 Å². The SMILES string of the molecule is CN(CCN(CCc1ccc(Cl)cc1)Cc1ccccc1)C[C@H]1O[C@@H](n2cnc3c(N)ncnc32)[C@H](O)[C@@H]1O. The molecule has 0 saturated carbocycles. The number of fused-ring (bicyclic) bond motifs is 1. The number of aliphatic hydroxyl groups is 2. The van der Waals surface area contributed by atoms with Gasteiger partial charge in [-0.3, -0.25) is 9.47 Å². The van der Waals surface area contributed by atoms with Gasteiger partial charge in [0.2, 0.25) is 0 Å². The fraction of sp³-hybridized carbons (Fsp3) is 0.393. The lowest BCUT2D eigenvalue weighted by atomic mass is 10.1. The maximum Gasteiger partial charge on any atom is 0.167 e. The van der Waals surface area contributed by atoms with Gasteiger partial charge in [-0.1, -0.05) is 54.1 Å². The zero-order valence-corrected chi connectivity index (χ0v) is 22.6. The van der Waals surface area contributed by atoms with Crippen molar-refractivity contribution in [1.29, 1.82) is 0 Å². The zero-order chi connectivity index (χ0) is 27.4. The van der Waals surface area contributed by atoms with Crippen LogP contribution in [0.3, 0.4) is 0 Å². The first-order valence-corrected chi connectivity index (χ1v) is 13.4. The molecule has 1 saturated heterocycles. The van der Waals surface area contributed by atoms with Crippen molar-refractivity contribution >= 4 is 28.6 Å². The Morgan fingerprint density at radius 2 is 1.72 bits per heavy atom. The van der Waals surface area contributed by atoms with Crippen LogP contribution in [0.15, 0.2) is 67.3 Å². The number of aliphatic hydroxyl groups excluding tert-OH is 2. The van der Waals surface area contributed by atoms with Crippen LogP contribution in [0.1, 0.15) is 17.4 Å². The number of anilines is 1. The maximum absolute atomic E-state index is 10.8. The molecule has 2 aromatic heterocycles. The molecule has 1 fully saturated rings. The molecule has 4 aromatic rings. The van der Waals surface area contributed by atoms with E-state index in [0.29, 0.717) is 17.7 Å². The Kier molecular flexibility index (Phi) is 8.71. The molecular weight excluding hydrogens is 518 g/mol. The average Bonchev–Trinajstić information content (AvgIpc) is 3.49. The summed E-state index contributed by atoms with van der Waals surface area (Å²) in [6.07, 6.45) is 0.163. The molecule has 3 heterocycles. The van der Waals surface area contributed by atoms with Gasteiger partial charge in [-0.15, -0.1) is 0 Å². The molecule has 4 atom stereocenters. The Morgan fingerprint density at radius 3 is 2.49 bits per heavy atom. The predicted octanol–water partition coefficient (Wildman–Crippen LogP) is 2.36. The molecule has 1 aliphatic rings. The summed E-state index contributed by atoms with van der Waals surface area (Å²) >= 11 is 6.05.